The summed E-state index contributed by atoms with van der Waals surface area (Å²) in [7, 11) is -3.35. The molecule has 0 radical (unpaired) electrons. The van der Waals surface area contributed by atoms with E-state index in [1.54, 1.807) is 0 Å². The van der Waals surface area contributed by atoms with E-state index in [0.717, 1.165) is 6.54 Å². The molecule has 2 aliphatic heterocycles. The van der Waals surface area contributed by atoms with E-state index in [9.17, 15) is 13.0 Å². The molecule has 0 spiro atoms. The van der Waals surface area contributed by atoms with Gasteiger partial charge in [-0.15, -0.1) is 4.31 Å². The molecule has 23 heavy (non-hydrogen) atoms. The van der Waals surface area contributed by atoms with Crippen LogP contribution in [-0.2, 0) is 26.1 Å². The van der Waals surface area contributed by atoms with Crippen molar-refractivity contribution in [1.82, 2.24) is 13.9 Å². The number of hydrogen-bond acceptors (Lipinski definition) is 6. The van der Waals surface area contributed by atoms with Crippen LogP contribution in [0, 0.1) is 0 Å². The minimum atomic E-state index is -3.35. The Morgan fingerprint density at radius 3 is 2.48 bits per heavy atom. The Balaban J connectivity index is 2.04. The quantitative estimate of drug-likeness (QED) is 0.730. The molecule has 2 rings (SSSR count). The Bertz CT molecular complexity index is 519. The van der Waals surface area contributed by atoms with Crippen molar-refractivity contribution in [3.63, 3.8) is 0 Å². The minimum Gasteiger partial charge on any atom is -0.597 e. The summed E-state index contributed by atoms with van der Waals surface area (Å²) in [6.45, 7) is 11.2. The fourth-order valence-corrected chi connectivity index (χ4v) is 6.43. The molecule has 136 valence electrons. The van der Waals surface area contributed by atoms with Crippen LogP contribution in [0.5, 0.6) is 0 Å². The SMILES string of the molecule is CC(C)(C)N1COC(CC(C)(C)N2CCNC[S+]2[O-])CS1(=O)=O. The van der Waals surface area contributed by atoms with Crippen LogP contribution < -0.4 is 5.32 Å². The molecule has 2 unspecified atom stereocenters. The van der Waals surface area contributed by atoms with Crippen molar-refractivity contribution in [3.05, 3.63) is 0 Å². The molecule has 2 fully saturated rings. The number of sulfonamides is 1. The van der Waals surface area contributed by atoms with Gasteiger partial charge < -0.3 is 9.29 Å². The third-order valence-corrected chi connectivity index (χ3v) is 8.01. The van der Waals surface area contributed by atoms with Crippen molar-refractivity contribution in [1.29, 1.82) is 0 Å². The lowest BCUT2D eigenvalue weighted by molar-refractivity contribution is -0.0388. The van der Waals surface area contributed by atoms with Gasteiger partial charge in [-0.1, -0.05) is 0 Å². The van der Waals surface area contributed by atoms with Gasteiger partial charge in [0.1, 0.15) is 6.73 Å². The molecule has 0 aliphatic carbocycles. The van der Waals surface area contributed by atoms with Gasteiger partial charge in [0.05, 0.1) is 35.3 Å². The molecule has 2 heterocycles. The van der Waals surface area contributed by atoms with Crippen LogP contribution in [0.1, 0.15) is 41.0 Å². The van der Waals surface area contributed by atoms with Gasteiger partial charge in [0.15, 0.2) is 5.88 Å². The normalized spacial score (nSPS) is 31.2. The molecule has 0 amide bonds. The van der Waals surface area contributed by atoms with Crippen LogP contribution in [-0.4, -0.2) is 70.2 Å². The molecular weight excluding hydrogens is 338 g/mol. The van der Waals surface area contributed by atoms with Crippen molar-refractivity contribution < 1.29 is 17.7 Å². The van der Waals surface area contributed by atoms with Crippen molar-refractivity contribution in [2.45, 2.75) is 58.2 Å². The van der Waals surface area contributed by atoms with Gasteiger partial charge in [-0.25, -0.2) is 8.42 Å². The summed E-state index contributed by atoms with van der Waals surface area (Å²) in [5.41, 5.74) is -0.865. The van der Waals surface area contributed by atoms with Gasteiger partial charge in [0, 0.05) is 12.1 Å². The molecule has 0 aromatic rings. The van der Waals surface area contributed by atoms with E-state index in [4.69, 9.17) is 4.74 Å². The zero-order chi connectivity index (χ0) is 17.5. The maximum atomic E-state index is 12.5. The molecule has 2 atom stereocenters. The minimum absolute atomic E-state index is 0.0214. The summed E-state index contributed by atoms with van der Waals surface area (Å²) in [6, 6.07) is 0. The zero-order valence-electron chi connectivity index (χ0n) is 14.7. The average molecular weight is 368 g/mol. The molecule has 2 aliphatic rings. The number of rotatable bonds is 3. The Kier molecular flexibility index (Phi) is 5.72. The van der Waals surface area contributed by atoms with Crippen LogP contribution >= 0.6 is 0 Å². The molecule has 0 bridgehead atoms. The van der Waals surface area contributed by atoms with Gasteiger partial charge in [-0.3, -0.25) is 5.32 Å². The smallest absolute Gasteiger partial charge is 0.219 e. The van der Waals surface area contributed by atoms with E-state index in [1.807, 2.05) is 38.9 Å². The number of nitrogens with one attached hydrogen (secondary N) is 1. The molecule has 0 aromatic heterocycles. The first kappa shape index (κ1) is 19.4. The van der Waals surface area contributed by atoms with Crippen molar-refractivity contribution in [2.75, 3.05) is 31.4 Å². The molecule has 0 saturated carbocycles. The Morgan fingerprint density at radius 1 is 1.30 bits per heavy atom. The molecule has 7 nitrogen and oxygen atoms in total. The van der Waals surface area contributed by atoms with Gasteiger partial charge >= 0.3 is 0 Å². The summed E-state index contributed by atoms with van der Waals surface area (Å²) in [4.78, 5) is 0. The number of nitrogens with zero attached hydrogens (tertiary/aromatic N) is 2. The third-order valence-electron chi connectivity index (χ3n) is 4.27. The highest BCUT2D eigenvalue weighted by Gasteiger charge is 2.44. The topological polar surface area (TPSA) is 84.9 Å². The maximum absolute atomic E-state index is 12.5. The fourth-order valence-electron chi connectivity index (χ4n) is 3.11. The Labute approximate surface area is 143 Å². The first-order valence-corrected chi connectivity index (χ1v) is 10.8. The molecule has 2 saturated heterocycles. The number of hydrogen-bond donors (Lipinski definition) is 1. The van der Waals surface area contributed by atoms with E-state index in [0.29, 0.717) is 18.8 Å². The highest BCUT2D eigenvalue weighted by Crippen LogP contribution is 2.30. The van der Waals surface area contributed by atoms with E-state index in [1.165, 1.54) is 4.31 Å². The summed E-state index contributed by atoms with van der Waals surface area (Å²) < 4.78 is 46.4. The summed E-state index contributed by atoms with van der Waals surface area (Å²) in [5.74, 6) is 0.428. The lowest BCUT2D eigenvalue weighted by Gasteiger charge is -2.44. The molecule has 0 aromatic carbocycles. The van der Waals surface area contributed by atoms with Gasteiger partial charge in [0.25, 0.3) is 0 Å². The summed E-state index contributed by atoms with van der Waals surface area (Å²) in [5, 5.41) is 3.10. The second-order valence-electron chi connectivity index (χ2n) is 7.80. The van der Waals surface area contributed by atoms with Crippen LogP contribution in [0.3, 0.4) is 0 Å². The van der Waals surface area contributed by atoms with Crippen LogP contribution in [0.15, 0.2) is 0 Å². The summed E-state index contributed by atoms with van der Waals surface area (Å²) in [6.07, 6.45) is 0.163. The summed E-state index contributed by atoms with van der Waals surface area (Å²) >= 11 is -1.09. The predicted molar refractivity (Wildman–Crippen MR) is 91.5 cm³/mol. The van der Waals surface area contributed by atoms with Gasteiger partial charge in [-0.05, 0) is 41.0 Å². The fraction of sp³-hybridized carbons (Fsp3) is 1.00. The van der Waals surface area contributed by atoms with Gasteiger partial charge in [0.2, 0.25) is 10.0 Å². The molecule has 9 heteroatoms. The number of ether oxygens (including phenoxy) is 1. The van der Waals surface area contributed by atoms with Crippen molar-refractivity contribution in [2.24, 2.45) is 0 Å². The molecule has 1 N–H and O–H groups in total. The zero-order valence-corrected chi connectivity index (χ0v) is 16.3. The van der Waals surface area contributed by atoms with Crippen LogP contribution in [0.4, 0.5) is 0 Å². The van der Waals surface area contributed by atoms with E-state index in [-0.39, 0.29) is 24.1 Å². The largest absolute Gasteiger partial charge is 0.597 e. The Hall–Kier alpha value is 0.1000. The predicted octanol–water partition coefficient (Wildman–Crippen LogP) is 0.468. The lowest BCUT2D eigenvalue weighted by atomic mass is 9.97. The van der Waals surface area contributed by atoms with Crippen LogP contribution in [0.25, 0.3) is 0 Å². The van der Waals surface area contributed by atoms with Crippen molar-refractivity contribution in [3.8, 4) is 0 Å². The third kappa shape index (κ3) is 4.59. The second-order valence-corrected chi connectivity index (χ2v) is 11.1. The van der Waals surface area contributed by atoms with Crippen LogP contribution in [0.2, 0.25) is 0 Å². The second kappa shape index (κ2) is 6.78. The van der Waals surface area contributed by atoms with E-state index < -0.39 is 26.9 Å². The highest BCUT2D eigenvalue weighted by molar-refractivity contribution is 7.89. The first-order valence-electron chi connectivity index (χ1n) is 7.92. The maximum Gasteiger partial charge on any atom is 0.219 e. The molecular formula is C14H29N3O4S2. The highest BCUT2D eigenvalue weighted by atomic mass is 32.2. The van der Waals surface area contributed by atoms with Gasteiger partial charge in [-0.2, -0.15) is 4.31 Å². The Morgan fingerprint density at radius 2 is 1.96 bits per heavy atom. The first-order chi connectivity index (χ1) is 10.4. The van der Waals surface area contributed by atoms with E-state index in [2.05, 4.69) is 5.32 Å². The van der Waals surface area contributed by atoms with Crippen molar-refractivity contribution >= 4 is 21.4 Å². The standard InChI is InChI=1S/C14H29N3O4S2/c1-13(2,3)17-11-21-12(9-23(17,19)20)8-14(4,5)16-7-6-15-10-22(16)18/h12,15H,6-11H2,1-5H3. The average Bonchev–Trinajstić information content (AvgIpc) is 2.35. The monoisotopic (exact) mass is 367 g/mol. The lowest BCUT2D eigenvalue weighted by Crippen LogP contribution is -2.59. The van der Waals surface area contributed by atoms with E-state index >= 15 is 0 Å².